The first kappa shape index (κ1) is 9.46. The van der Waals surface area contributed by atoms with E-state index in [9.17, 15) is 4.79 Å². The molecular formula is C13H9O2. The van der Waals surface area contributed by atoms with E-state index in [1.165, 1.54) is 0 Å². The van der Waals surface area contributed by atoms with Crippen molar-refractivity contribution in [3.63, 3.8) is 0 Å². The molecule has 2 nitrogen and oxygen atoms in total. The van der Waals surface area contributed by atoms with Crippen molar-refractivity contribution in [2.75, 3.05) is 0 Å². The minimum absolute atomic E-state index is 0.296. The lowest BCUT2D eigenvalue weighted by Gasteiger charge is -2.01. The van der Waals surface area contributed by atoms with Gasteiger partial charge in [-0.3, -0.25) is 0 Å². The number of carboxylic acid groups (broad SMARTS) is 1. The van der Waals surface area contributed by atoms with Gasteiger partial charge in [0.2, 0.25) is 0 Å². The van der Waals surface area contributed by atoms with Gasteiger partial charge in [0.05, 0.1) is 5.56 Å². The van der Waals surface area contributed by atoms with Crippen LogP contribution in [0.25, 0.3) is 11.1 Å². The van der Waals surface area contributed by atoms with Crippen LogP contribution in [0.15, 0.2) is 48.5 Å². The topological polar surface area (TPSA) is 37.3 Å². The molecule has 0 unspecified atom stereocenters. The van der Waals surface area contributed by atoms with E-state index in [1.54, 1.807) is 18.2 Å². The predicted molar refractivity (Wildman–Crippen MR) is 57.7 cm³/mol. The third-order valence-electron chi connectivity index (χ3n) is 2.13. The fourth-order valence-corrected chi connectivity index (χ4v) is 1.39. The molecule has 0 aliphatic heterocycles. The molecule has 0 fully saturated rings. The van der Waals surface area contributed by atoms with Crippen molar-refractivity contribution in [2.24, 2.45) is 0 Å². The number of rotatable bonds is 2. The van der Waals surface area contributed by atoms with Crippen molar-refractivity contribution in [3.8, 4) is 11.1 Å². The van der Waals surface area contributed by atoms with Crippen LogP contribution in [0.2, 0.25) is 0 Å². The predicted octanol–water partition coefficient (Wildman–Crippen LogP) is 2.85. The summed E-state index contributed by atoms with van der Waals surface area (Å²) in [5, 5.41) is 8.85. The molecule has 0 saturated carbocycles. The molecule has 0 aliphatic rings. The zero-order valence-corrected chi connectivity index (χ0v) is 7.97. The molecule has 1 N–H and O–H groups in total. The van der Waals surface area contributed by atoms with Crippen molar-refractivity contribution in [3.05, 3.63) is 60.2 Å². The Hall–Kier alpha value is -2.09. The van der Waals surface area contributed by atoms with Gasteiger partial charge in [-0.05, 0) is 29.3 Å². The van der Waals surface area contributed by atoms with E-state index >= 15 is 0 Å². The average Bonchev–Trinajstić information content (AvgIpc) is 2.30. The summed E-state index contributed by atoms with van der Waals surface area (Å²) in [5.41, 5.74) is 2.07. The highest BCUT2D eigenvalue weighted by molar-refractivity contribution is 5.89. The molecule has 0 heterocycles. The Kier molecular flexibility index (Phi) is 2.50. The fraction of sp³-hybridized carbons (Fsp3) is 0. The first-order valence-electron chi connectivity index (χ1n) is 4.58. The lowest BCUT2D eigenvalue weighted by atomic mass is 10.0. The van der Waals surface area contributed by atoms with Gasteiger partial charge in [0.25, 0.3) is 0 Å². The number of carboxylic acids is 1. The number of aromatic carboxylic acids is 1. The number of hydrogen-bond donors (Lipinski definition) is 1. The van der Waals surface area contributed by atoms with Crippen LogP contribution >= 0.6 is 0 Å². The Balaban J connectivity index is 2.46. The quantitative estimate of drug-likeness (QED) is 0.803. The molecule has 15 heavy (non-hydrogen) atoms. The third-order valence-corrected chi connectivity index (χ3v) is 2.13. The highest BCUT2D eigenvalue weighted by atomic mass is 16.4. The molecule has 2 heteroatoms. The molecule has 0 atom stereocenters. The molecule has 2 aromatic rings. The second-order valence-electron chi connectivity index (χ2n) is 3.16. The maximum Gasteiger partial charge on any atom is 0.335 e. The van der Waals surface area contributed by atoms with Crippen molar-refractivity contribution >= 4 is 5.97 Å². The molecule has 2 aromatic carbocycles. The van der Waals surface area contributed by atoms with Gasteiger partial charge in [-0.25, -0.2) is 4.79 Å². The van der Waals surface area contributed by atoms with Crippen LogP contribution in [0.4, 0.5) is 0 Å². The minimum atomic E-state index is -0.909. The zero-order chi connectivity index (χ0) is 10.7. The van der Waals surface area contributed by atoms with Crippen LogP contribution in [0.5, 0.6) is 0 Å². The Morgan fingerprint density at radius 2 is 2.00 bits per heavy atom. The van der Waals surface area contributed by atoms with Crippen LogP contribution in [0.1, 0.15) is 10.4 Å². The average molecular weight is 197 g/mol. The Morgan fingerprint density at radius 3 is 2.67 bits per heavy atom. The van der Waals surface area contributed by atoms with Crippen LogP contribution in [-0.4, -0.2) is 11.1 Å². The molecular weight excluding hydrogens is 188 g/mol. The molecule has 2 rings (SSSR count). The number of benzene rings is 2. The summed E-state index contributed by atoms with van der Waals surface area (Å²) < 4.78 is 0. The number of hydrogen-bond acceptors (Lipinski definition) is 1. The molecule has 0 spiro atoms. The van der Waals surface area contributed by atoms with Gasteiger partial charge in [0.1, 0.15) is 0 Å². The van der Waals surface area contributed by atoms with E-state index in [1.807, 2.05) is 30.3 Å². The van der Waals surface area contributed by atoms with E-state index in [0.717, 1.165) is 11.1 Å². The fourth-order valence-electron chi connectivity index (χ4n) is 1.39. The molecule has 0 bridgehead atoms. The first-order chi connectivity index (χ1) is 7.27. The molecule has 0 amide bonds. The summed E-state index contributed by atoms with van der Waals surface area (Å²) in [6.07, 6.45) is 0. The van der Waals surface area contributed by atoms with Crippen LogP contribution in [-0.2, 0) is 0 Å². The van der Waals surface area contributed by atoms with Gasteiger partial charge < -0.3 is 5.11 Å². The van der Waals surface area contributed by atoms with Gasteiger partial charge >= 0.3 is 5.97 Å². The highest BCUT2D eigenvalue weighted by Crippen LogP contribution is 2.19. The van der Waals surface area contributed by atoms with E-state index in [2.05, 4.69) is 6.07 Å². The maximum absolute atomic E-state index is 10.8. The lowest BCUT2D eigenvalue weighted by molar-refractivity contribution is 0.0697. The summed E-state index contributed by atoms with van der Waals surface area (Å²) in [6, 6.07) is 17.4. The Bertz CT molecular complexity index is 475. The van der Waals surface area contributed by atoms with Crippen LogP contribution in [0, 0.1) is 6.07 Å². The summed E-state index contributed by atoms with van der Waals surface area (Å²) in [5.74, 6) is -0.909. The Labute approximate surface area is 87.8 Å². The normalized spacial score (nSPS) is 9.87. The van der Waals surface area contributed by atoms with E-state index in [-0.39, 0.29) is 0 Å². The summed E-state index contributed by atoms with van der Waals surface area (Å²) in [7, 11) is 0. The second-order valence-corrected chi connectivity index (χ2v) is 3.16. The van der Waals surface area contributed by atoms with Gasteiger partial charge in [0, 0.05) is 0 Å². The SMILES string of the molecule is O=C(O)c1cccc(-c2[c]cccc2)c1. The van der Waals surface area contributed by atoms with Gasteiger partial charge in [-0.15, -0.1) is 0 Å². The molecule has 1 radical (unpaired) electrons. The highest BCUT2D eigenvalue weighted by Gasteiger charge is 2.03. The molecule has 73 valence electrons. The summed E-state index contributed by atoms with van der Waals surface area (Å²) in [6.45, 7) is 0. The number of carbonyl (C=O) groups is 1. The lowest BCUT2D eigenvalue weighted by Crippen LogP contribution is -1.95. The summed E-state index contributed by atoms with van der Waals surface area (Å²) in [4.78, 5) is 10.8. The van der Waals surface area contributed by atoms with Gasteiger partial charge in [-0.2, -0.15) is 0 Å². The van der Waals surface area contributed by atoms with Crippen molar-refractivity contribution in [1.29, 1.82) is 0 Å². The van der Waals surface area contributed by atoms with E-state index in [0.29, 0.717) is 5.56 Å². The molecule has 0 saturated heterocycles. The smallest absolute Gasteiger partial charge is 0.335 e. The zero-order valence-electron chi connectivity index (χ0n) is 7.97. The van der Waals surface area contributed by atoms with E-state index < -0.39 is 5.97 Å². The second kappa shape index (κ2) is 3.96. The van der Waals surface area contributed by atoms with Gasteiger partial charge in [-0.1, -0.05) is 36.4 Å². The third kappa shape index (κ3) is 2.05. The maximum atomic E-state index is 10.8. The van der Waals surface area contributed by atoms with Crippen molar-refractivity contribution in [2.45, 2.75) is 0 Å². The molecule has 0 aromatic heterocycles. The Morgan fingerprint density at radius 1 is 1.13 bits per heavy atom. The molecule has 0 aliphatic carbocycles. The van der Waals surface area contributed by atoms with Gasteiger partial charge in [0.15, 0.2) is 0 Å². The summed E-state index contributed by atoms with van der Waals surface area (Å²) >= 11 is 0. The van der Waals surface area contributed by atoms with Crippen LogP contribution in [0.3, 0.4) is 0 Å². The van der Waals surface area contributed by atoms with Crippen molar-refractivity contribution < 1.29 is 9.90 Å². The standard InChI is InChI=1S/C13H9O2/c14-13(15)12-8-4-7-11(9-12)10-5-2-1-3-6-10/h1-5,7-9H,(H,14,15). The monoisotopic (exact) mass is 197 g/mol. The largest absolute Gasteiger partial charge is 0.478 e. The first-order valence-corrected chi connectivity index (χ1v) is 4.58. The van der Waals surface area contributed by atoms with Crippen LogP contribution < -0.4 is 0 Å². The van der Waals surface area contributed by atoms with E-state index in [4.69, 9.17) is 5.11 Å². The van der Waals surface area contributed by atoms with Crippen molar-refractivity contribution in [1.82, 2.24) is 0 Å². The minimum Gasteiger partial charge on any atom is -0.478 e.